The highest BCUT2D eigenvalue weighted by Gasteiger charge is 2.21. The molecule has 8 nitrogen and oxygen atoms in total. The highest BCUT2D eigenvalue weighted by molar-refractivity contribution is 7.98. The third-order valence-corrected chi connectivity index (χ3v) is 5.66. The molecule has 0 aromatic carbocycles. The molecule has 0 bridgehead atoms. The van der Waals surface area contributed by atoms with Gasteiger partial charge in [-0.25, -0.2) is 4.98 Å². The van der Waals surface area contributed by atoms with E-state index in [1.54, 1.807) is 12.3 Å². The van der Waals surface area contributed by atoms with E-state index in [2.05, 4.69) is 20.5 Å². The lowest BCUT2D eigenvalue weighted by Crippen LogP contribution is -2.29. The van der Waals surface area contributed by atoms with Crippen LogP contribution in [0.15, 0.2) is 34.3 Å². The van der Waals surface area contributed by atoms with Gasteiger partial charge in [-0.05, 0) is 31.5 Å². The predicted molar refractivity (Wildman–Crippen MR) is 106 cm³/mol. The van der Waals surface area contributed by atoms with Gasteiger partial charge >= 0.3 is 0 Å². The molecule has 1 aliphatic rings. The summed E-state index contributed by atoms with van der Waals surface area (Å²) in [4.78, 5) is 16.6. The van der Waals surface area contributed by atoms with Crippen molar-refractivity contribution in [1.29, 1.82) is 0 Å². The van der Waals surface area contributed by atoms with Gasteiger partial charge in [0, 0.05) is 37.5 Å². The first-order valence-corrected chi connectivity index (χ1v) is 9.55. The molecular formula is C17H21ClN6O2S. The molecule has 1 aliphatic heterocycles. The van der Waals surface area contributed by atoms with Crippen molar-refractivity contribution in [1.82, 2.24) is 29.5 Å². The number of pyridine rings is 1. The van der Waals surface area contributed by atoms with Crippen LogP contribution in [-0.4, -0.2) is 42.3 Å². The summed E-state index contributed by atoms with van der Waals surface area (Å²) in [6.45, 7) is 1.99. The van der Waals surface area contributed by atoms with Crippen LogP contribution in [0.3, 0.4) is 0 Å². The number of nitrogens with one attached hydrogen (secondary N) is 1. The van der Waals surface area contributed by atoms with Crippen LogP contribution in [-0.2, 0) is 12.8 Å². The van der Waals surface area contributed by atoms with Gasteiger partial charge in [-0.2, -0.15) is 0 Å². The zero-order valence-corrected chi connectivity index (χ0v) is 16.5. The first kappa shape index (κ1) is 19.7. The number of rotatable bonds is 4. The minimum Gasteiger partial charge on any atom is -0.504 e. The quantitative estimate of drug-likeness (QED) is 0.634. The van der Waals surface area contributed by atoms with Crippen LogP contribution in [0.5, 0.6) is 5.75 Å². The van der Waals surface area contributed by atoms with E-state index in [1.165, 1.54) is 28.3 Å². The molecule has 1 unspecified atom stereocenters. The van der Waals surface area contributed by atoms with E-state index >= 15 is 0 Å². The first-order chi connectivity index (χ1) is 12.6. The number of piperidine rings is 1. The van der Waals surface area contributed by atoms with Crippen LogP contribution in [0.1, 0.15) is 30.3 Å². The lowest BCUT2D eigenvalue weighted by molar-refractivity contribution is 0.436. The molecule has 3 aromatic rings. The summed E-state index contributed by atoms with van der Waals surface area (Å²) in [5, 5.41) is 22.8. The molecule has 0 aliphatic carbocycles. The normalized spacial score (nSPS) is 17.0. The minimum atomic E-state index is -0.214. The van der Waals surface area contributed by atoms with Crippen LogP contribution >= 0.6 is 24.2 Å². The summed E-state index contributed by atoms with van der Waals surface area (Å²) in [7, 11) is 1.97. The Balaban J connectivity index is 0.00000210. The van der Waals surface area contributed by atoms with Crippen LogP contribution in [0.4, 0.5) is 0 Å². The maximum absolute atomic E-state index is 12.2. The highest BCUT2D eigenvalue weighted by Crippen LogP contribution is 2.26. The van der Waals surface area contributed by atoms with Gasteiger partial charge in [0.25, 0.3) is 5.56 Å². The van der Waals surface area contributed by atoms with Crippen LogP contribution < -0.4 is 10.9 Å². The van der Waals surface area contributed by atoms with Crippen LogP contribution in [0.2, 0.25) is 0 Å². The van der Waals surface area contributed by atoms with E-state index in [1.807, 2.05) is 11.6 Å². The zero-order chi connectivity index (χ0) is 18.1. The molecule has 0 radical (unpaired) electrons. The molecule has 0 saturated carbocycles. The van der Waals surface area contributed by atoms with Crippen molar-refractivity contribution < 1.29 is 5.11 Å². The summed E-state index contributed by atoms with van der Waals surface area (Å²) in [6, 6.07) is 4.62. The molecule has 144 valence electrons. The van der Waals surface area contributed by atoms with Crippen LogP contribution in [0, 0.1) is 0 Å². The maximum Gasteiger partial charge on any atom is 0.258 e. The lowest BCUT2D eigenvalue weighted by atomic mass is 9.99. The highest BCUT2D eigenvalue weighted by atomic mass is 35.5. The van der Waals surface area contributed by atoms with E-state index < -0.39 is 0 Å². The summed E-state index contributed by atoms with van der Waals surface area (Å²) in [5.74, 6) is 1.84. The molecule has 10 heteroatoms. The fourth-order valence-corrected chi connectivity index (χ4v) is 4.06. The molecule has 1 atom stereocenters. The summed E-state index contributed by atoms with van der Waals surface area (Å²) >= 11 is 1.48. The average molecular weight is 409 g/mol. The van der Waals surface area contributed by atoms with E-state index in [0.29, 0.717) is 17.4 Å². The number of hydrogen-bond donors (Lipinski definition) is 2. The Morgan fingerprint density at radius 1 is 1.41 bits per heavy atom. The molecule has 4 heterocycles. The fraction of sp³-hybridized carbons (Fsp3) is 0.412. The van der Waals surface area contributed by atoms with Gasteiger partial charge in [-0.1, -0.05) is 11.8 Å². The second-order valence-corrected chi connectivity index (χ2v) is 7.35. The van der Waals surface area contributed by atoms with Crippen molar-refractivity contribution in [2.24, 2.45) is 7.05 Å². The minimum absolute atomic E-state index is 0. The van der Waals surface area contributed by atoms with E-state index in [4.69, 9.17) is 0 Å². The third kappa shape index (κ3) is 3.95. The second-order valence-electron chi connectivity index (χ2n) is 6.40. The molecule has 0 amide bonds. The SMILES string of the molecule is Cl.Cn1c(SCc2cc(=O)n3cccc(O)c3n2)nnc1C1CCCNC1. The summed E-state index contributed by atoms with van der Waals surface area (Å²) in [6.07, 6.45) is 3.86. The van der Waals surface area contributed by atoms with E-state index in [9.17, 15) is 9.90 Å². The van der Waals surface area contributed by atoms with Crippen molar-refractivity contribution in [3.63, 3.8) is 0 Å². The number of thioether (sulfide) groups is 1. The topological polar surface area (TPSA) is 97.3 Å². The van der Waals surface area contributed by atoms with Gasteiger partial charge in [-0.15, -0.1) is 22.6 Å². The average Bonchev–Trinajstić information content (AvgIpc) is 3.02. The van der Waals surface area contributed by atoms with Crippen molar-refractivity contribution >= 4 is 29.8 Å². The van der Waals surface area contributed by atoms with Crippen molar-refractivity contribution in [3.8, 4) is 5.75 Å². The van der Waals surface area contributed by atoms with Gasteiger partial charge in [0.15, 0.2) is 16.6 Å². The van der Waals surface area contributed by atoms with Crippen molar-refractivity contribution in [3.05, 3.63) is 46.3 Å². The largest absolute Gasteiger partial charge is 0.504 e. The third-order valence-electron chi connectivity index (χ3n) is 4.60. The summed E-state index contributed by atoms with van der Waals surface area (Å²) in [5.41, 5.74) is 0.654. The molecule has 1 saturated heterocycles. The van der Waals surface area contributed by atoms with Crippen molar-refractivity contribution in [2.45, 2.75) is 29.7 Å². The monoisotopic (exact) mass is 408 g/mol. The molecule has 27 heavy (non-hydrogen) atoms. The number of nitrogens with zero attached hydrogens (tertiary/aromatic N) is 5. The van der Waals surface area contributed by atoms with Gasteiger partial charge in [0.1, 0.15) is 5.82 Å². The number of halogens is 1. The molecule has 0 spiro atoms. The number of aromatic nitrogens is 5. The smallest absolute Gasteiger partial charge is 0.258 e. The number of fused-ring (bicyclic) bond motifs is 1. The Kier molecular flexibility index (Phi) is 6.03. The van der Waals surface area contributed by atoms with Gasteiger partial charge in [0.05, 0.1) is 5.69 Å². The maximum atomic E-state index is 12.2. The fourth-order valence-electron chi connectivity index (χ4n) is 3.25. The molecule has 1 fully saturated rings. The van der Waals surface area contributed by atoms with Crippen LogP contribution in [0.25, 0.3) is 5.65 Å². The summed E-state index contributed by atoms with van der Waals surface area (Å²) < 4.78 is 3.35. The Morgan fingerprint density at radius 2 is 2.26 bits per heavy atom. The van der Waals surface area contributed by atoms with Gasteiger partial charge in [-0.3, -0.25) is 9.20 Å². The Labute approximate surface area is 166 Å². The Hall–Kier alpha value is -2.10. The second kappa shape index (κ2) is 8.28. The molecule has 3 aromatic heterocycles. The Bertz CT molecular complexity index is 999. The predicted octanol–water partition coefficient (Wildman–Crippen LogP) is 1.71. The number of aromatic hydroxyl groups is 1. The zero-order valence-electron chi connectivity index (χ0n) is 14.8. The van der Waals surface area contributed by atoms with Crippen molar-refractivity contribution in [2.75, 3.05) is 13.1 Å². The van der Waals surface area contributed by atoms with E-state index in [0.717, 1.165) is 36.9 Å². The van der Waals surface area contributed by atoms with Gasteiger partial charge < -0.3 is 15.0 Å². The standard InChI is InChI=1S/C17H20N6O2S.ClH/c1-22-15(11-4-2-6-18-9-11)20-21-17(22)26-10-12-8-14(25)23-7-3-5-13(24)16(23)19-12;/h3,5,7-8,11,18,24H,2,4,6,9-10H2,1H3;1H. The number of hydrogen-bond acceptors (Lipinski definition) is 7. The Morgan fingerprint density at radius 3 is 3.04 bits per heavy atom. The van der Waals surface area contributed by atoms with E-state index in [-0.39, 0.29) is 29.4 Å². The molecule has 2 N–H and O–H groups in total. The van der Waals surface area contributed by atoms with Gasteiger partial charge in [0.2, 0.25) is 0 Å². The molecule has 4 rings (SSSR count). The molecular weight excluding hydrogens is 388 g/mol. The first-order valence-electron chi connectivity index (χ1n) is 8.56. The lowest BCUT2D eigenvalue weighted by Gasteiger charge is -2.21.